The van der Waals surface area contributed by atoms with E-state index >= 15 is 0 Å². The van der Waals surface area contributed by atoms with Crippen LogP contribution in [0.3, 0.4) is 0 Å². The summed E-state index contributed by atoms with van der Waals surface area (Å²) in [5.41, 5.74) is 1.65. The number of hydrogen-bond acceptors (Lipinski definition) is 8. The Morgan fingerprint density at radius 1 is 1.18 bits per heavy atom. The fraction of sp³-hybridized carbons (Fsp3) is 0.273. The van der Waals surface area contributed by atoms with Crippen molar-refractivity contribution in [2.75, 3.05) is 39.4 Å². The molecule has 1 aliphatic heterocycles. The Hall–Kier alpha value is -3.57. The molecule has 1 saturated heterocycles. The number of amides is 1. The lowest BCUT2D eigenvalue weighted by Gasteiger charge is -2.16. The first-order valence-corrected chi connectivity index (χ1v) is 11.3. The molecule has 1 aliphatic rings. The van der Waals surface area contributed by atoms with Gasteiger partial charge in [-0.05, 0) is 41.5 Å². The normalized spacial score (nSPS) is 13.8. The second-order valence-corrected chi connectivity index (χ2v) is 8.61. The monoisotopic (exact) mass is 476 g/mol. The highest BCUT2D eigenvalue weighted by Crippen LogP contribution is 2.36. The first-order valence-electron chi connectivity index (χ1n) is 9.84. The Kier molecular flexibility index (Phi) is 7.56. The first-order chi connectivity index (χ1) is 15.8. The minimum Gasteiger partial charge on any atom is -0.493 e. The molecule has 33 heavy (non-hydrogen) atoms. The lowest BCUT2D eigenvalue weighted by Crippen LogP contribution is -2.25. The number of benzene rings is 2. The summed E-state index contributed by atoms with van der Waals surface area (Å²) < 4.78 is 48.9. The summed E-state index contributed by atoms with van der Waals surface area (Å²) in [4.78, 5) is 24.5. The molecule has 176 valence electrons. The van der Waals surface area contributed by atoms with Crippen molar-refractivity contribution in [1.82, 2.24) is 4.72 Å². The highest BCUT2D eigenvalue weighted by atomic mass is 32.2. The van der Waals surface area contributed by atoms with E-state index in [1.807, 2.05) is 0 Å². The van der Waals surface area contributed by atoms with E-state index < -0.39 is 22.1 Å². The molecule has 0 unspecified atom stereocenters. The Bertz CT molecular complexity index is 1180. The van der Waals surface area contributed by atoms with Gasteiger partial charge in [0.25, 0.3) is 0 Å². The molecule has 2 aromatic rings. The number of methoxy groups -OCH3 is 3. The molecule has 1 heterocycles. The number of rotatable bonds is 9. The Balaban J connectivity index is 1.88. The minimum atomic E-state index is -4.05. The lowest BCUT2D eigenvalue weighted by molar-refractivity contribution is -0.134. The van der Waals surface area contributed by atoms with Crippen molar-refractivity contribution < 1.29 is 37.0 Å². The van der Waals surface area contributed by atoms with Crippen molar-refractivity contribution in [2.24, 2.45) is 0 Å². The number of ether oxygens (including phenoxy) is 4. The zero-order valence-electron chi connectivity index (χ0n) is 18.4. The standard InChI is InChI=1S/C22H24N2O8S/c1-29-18-12-15(7-8-20(25)30-2)13-19(21(18)31-3)33(27,28)23-14-16-5-4-6-17(11-16)24-9-10-32-22(24)26/h4-8,11-13,23H,9-10,14H2,1-3H3/b8-7+. The third-order valence-corrected chi connectivity index (χ3v) is 6.23. The third-order valence-electron chi connectivity index (χ3n) is 4.82. The molecule has 0 spiro atoms. The molecule has 0 aliphatic carbocycles. The molecule has 0 aromatic heterocycles. The van der Waals surface area contributed by atoms with Gasteiger partial charge in [0, 0.05) is 18.3 Å². The van der Waals surface area contributed by atoms with Crippen LogP contribution in [0.25, 0.3) is 6.08 Å². The average Bonchev–Trinajstić information content (AvgIpc) is 3.26. The SMILES string of the molecule is COC(=O)/C=C/c1cc(OC)c(OC)c(S(=O)(=O)NCc2cccc(N3CCOC3=O)c2)c1. The Labute approximate surface area is 191 Å². The number of hydrogen-bond donors (Lipinski definition) is 1. The number of sulfonamides is 1. The van der Waals surface area contributed by atoms with E-state index in [0.717, 1.165) is 0 Å². The van der Waals surface area contributed by atoms with Crippen molar-refractivity contribution in [3.8, 4) is 11.5 Å². The Morgan fingerprint density at radius 2 is 1.97 bits per heavy atom. The molecule has 3 rings (SSSR count). The maximum absolute atomic E-state index is 13.1. The zero-order valence-corrected chi connectivity index (χ0v) is 19.2. The summed E-state index contributed by atoms with van der Waals surface area (Å²) in [5, 5.41) is 0. The van der Waals surface area contributed by atoms with Crippen LogP contribution >= 0.6 is 0 Å². The molecule has 2 aromatic carbocycles. The van der Waals surface area contributed by atoms with Crippen LogP contribution in [0.15, 0.2) is 47.4 Å². The van der Waals surface area contributed by atoms with Crippen molar-refractivity contribution in [1.29, 1.82) is 0 Å². The predicted octanol–water partition coefficient (Wildman–Crippen LogP) is 2.33. The van der Waals surface area contributed by atoms with Gasteiger partial charge < -0.3 is 18.9 Å². The minimum absolute atomic E-state index is 0.0220. The second-order valence-electron chi connectivity index (χ2n) is 6.87. The van der Waals surface area contributed by atoms with E-state index in [1.165, 1.54) is 50.5 Å². The number of carbonyl (C=O) groups is 2. The second kappa shape index (κ2) is 10.4. The van der Waals surface area contributed by atoms with Gasteiger partial charge in [0.05, 0.1) is 27.9 Å². The molecule has 1 fully saturated rings. The van der Waals surface area contributed by atoms with Gasteiger partial charge >= 0.3 is 12.1 Å². The summed E-state index contributed by atoms with van der Waals surface area (Å²) in [6, 6.07) is 9.82. The fourth-order valence-corrected chi connectivity index (χ4v) is 4.43. The van der Waals surface area contributed by atoms with Crippen LogP contribution in [0.4, 0.5) is 10.5 Å². The van der Waals surface area contributed by atoms with Crippen molar-refractivity contribution in [3.05, 3.63) is 53.6 Å². The molecular formula is C22H24N2O8S. The number of nitrogens with zero attached hydrogens (tertiary/aromatic N) is 1. The van der Waals surface area contributed by atoms with Gasteiger partial charge in [-0.2, -0.15) is 0 Å². The van der Waals surface area contributed by atoms with Crippen LogP contribution in [-0.4, -0.2) is 55.0 Å². The highest BCUT2D eigenvalue weighted by Gasteiger charge is 2.25. The number of anilines is 1. The van der Waals surface area contributed by atoms with Crippen molar-refractivity contribution in [2.45, 2.75) is 11.4 Å². The summed E-state index contributed by atoms with van der Waals surface area (Å²) in [6.07, 6.45) is 2.13. The summed E-state index contributed by atoms with van der Waals surface area (Å²) in [6.45, 7) is 0.696. The predicted molar refractivity (Wildman–Crippen MR) is 120 cm³/mol. The zero-order chi connectivity index (χ0) is 24.0. The van der Waals surface area contributed by atoms with Gasteiger partial charge in [-0.15, -0.1) is 0 Å². The van der Waals surface area contributed by atoms with Crippen LogP contribution in [0.1, 0.15) is 11.1 Å². The van der Waals surface area contributed by atoms with Crippen molar-refractivity contribution >= 4 is 33.8 Å². The maximum atomic E-state index is 13.1. The first kappa shape index (κ1) is 24.1. The van der Waals surface area contributed by atoms with Crippen LogP contribution in [0, 0.1) is 0 Å². The fourth-order valence-electron chi connectivity index (χ4n) is 3.20. The number of esters is 1. The molecule has 10 nitrogen and oxygen atoms in total. The smallest absolute Gasteiger partial charge is 0.414 e. The molecule has 0 bridgehead atoms. The average molecular weight is 477 g/mol. The number of carbonyl (C=O) groups excluding carboxylic acids is 2. The van der Waals surface area contributed by atoms with E-state index in [-0.39, 0.29) is 22.9 Å². The van der Waals surface area contributed by atoms with Gasteiger partial charge in [-0.1, -0.05) is 12.1 Å². The maximum Gasteiger partial charge on any atom is 0.414 e. The van der Waals surface area contributed by atoms with Crippen LogP contribution in [0.5, 0.6) is 11.5 Å². The van der Waals surface area contributed by atoms with E-state index in [4.69, 9.17) is 14.2 Å². The van der Waals surface area contributed by atoms with Crippen LogP contribution in [-0.2, 0) is 30.8 Å². The van der Waals surface area contributed by atoms with Crippen LogP contribution in [0.2, 0.25) is 0 Å². The van der Waals surface area contributed by atoms with E-state index in [2.05, 4.69) is 9.46 Å². The van der Waals surface area contributed by atoms with Gasteiger partial charge in [-0.25, -0.2) is 22.7 Å². The summed E-state index contributed by atoms with van der Waals surface area (Å²) in [7, 11) is -0.102. The highest BCUT2D eigenvalue weighted by molar-refractivity contribution is 7.89. The van der Waals surface area contributed by atoms with Crippen LogP contribution < -0.4 is 19.1 Å². The summed E-state index contributed by atoms with van der Waals surface area (Å²) in [5.74, 6) is -0.387. The van der Waals surface area contributed by atoms with Gasteiger partial charge in [0.1, 0.15) is 11.5 Å². The molecule has 0 saturated carbocycles. The topological polar surface area (TPSA) is 120 Å². The number of nitrogens with one attached hydrogen (secondary N) is 1. The molecule has 1 N–H and O–H groups in total. The molecular weight excluding hydrogens is 452 g/mol. The molecule has 0 atom stereocenters. The molecule has 1 amide bonds. The Morgan fingerprint density at radius 3 is 2.61 bits per heavy atom. The lowest BCUT2D eigenvalue weighted by atomic mass is 10.2. The van der Waals surface area contributed by atoms with Gasteiger partial charge in [-0.3, -0.25) is 4.90 Å². The number of cyclic esters (lactones) is 1. The largest absolute Gasteiger partial charge is 0.493 e. The van der Waals surface area contributed by atoms with Crippen molar-refractivity contribution in [3.63, 3.8) is 0 Å². The molecule has 0 radical (unpaired) electrons. The van der Waals surface area contributed by atoms with Gasteiger partial charge in [0.15, 0.2) is 11.5 Å². The van der Waals surface area contributed by atoms with E-state index in [9.17, 15) is 18.0 Å². The van der Waals surface area contributed by atoms with E-state index in [0.29, 0.717) is 30.0 Å². The summed E-state index contributed by atoms with van der Waals surface area (Å²) >= 11 is 0. The quantitative estimate of drug-likeness (QED) is 0.433. The third kappa shape index (κ3) is 5.62. The van der Waals surface area contributed by atoms with Gasteiger partial charge in [0.2, 0.25) is 10.0 Å². The van der Waals surface area contributed by atoms with E-state index in [1.54, 1.807) is 24.3 Å². The molecule has 11 heteroatoms.